The third-order valence-corrected chi connectivity index (χ3v) is 2.62. The molecule has 0 fully saturated rings. The molecule has 1 aromatic rings. The molecular formula is C11H16N2O3. The van der Waals surface area contributed by atoms with Crippen LogP contribution in [0.2, 0.25) is 0 Å². The summed E-state index contributed by atoms with van der Waals surface area (Å²) in [5.41, 5.74) is 1.42. The van der Waals surface area contributed by atoms with E-state index in [0.717, 1.165) is 5.69 Å². The number of nitrogens with zero attached hydrogens (tertiary/aromatic N) is 1. The summed E-state index contributed by atoms with van der Waals surface area (Å²) in [4.78, 5) is 22.5. The molecule has 0 saturated heterocycles. The van der Waals surface area contributed by atoms with Crippen LogP contribution >= 0.6 is 0 Å². The van der Waals surface area contributed by atoms with Crippen molar-refractivity contribution in [1.82, 2.24) is 9.88 Å². The van der Waals surface area contributed by atoms with Crippen LogP contribution in [0.3, 0.4) is 0 Å². The fraction of sp³-hybridized carbons (Fsp3) is 0.455. The Morgan fingerprint density at radius 3 is 2.50 bits per heavy atom. The van der Waals surface area contributed by atoms with Crippen molar-refractivity contribution in [1.29, 1.82) is 0 Å². The van der Waals surface area contributed by atoms with Gasteiger partial charge >= 0.3 is 5.97 Å². The third-order valence-electron chi connectivity index (χ3n) is 2.62. The number of carbonyl (C=O) groups excluding carboxylic acids is 1. The zero-order valence-electron chi connectivity index (χ0n) is 9.65. The van der Waals surface area contributed by atoms with Crippen molar-refractivity contribution in [2.45, 2.75) is 26.3 Å². The first-order chi connectivity index (χ1) is 7.47. The smallest absolute Gasteiger partial charge is 0.326 e. The number of aryl methyl sites for hydroxylation is 1. The van der Waals surface area contributed by atoms with E-state index >= 15 is 0 Å². The Hall–Kier alpha value is -1.78. The lowest BCUT2D eigenvalue weighted by molar-refractivity contribution is -0.139. The SMILES string of the molecule is CC[C@@H](NC(=O)c1ccc(C)n1C)C(=O)O. The molecule has 0 bridgehead atoms. The molecule has 0 radical (unpaired) electrons. The molecule has 1 amide bonds. The lowest BCUT2D eigenvalue weighted by Crippen LogP contribution is -2.40. The van der Waals surface area contributed by atoms with E-state index in [2.05, 4.69) is 5.32 Å². The lowest BCUT2D eigenvalue weighted by Gasteiger charge is -2.12. The number of carbonyl (C=O) groups is 2. The Morgan fingerprint density at radius 1 is 1.50 bits per heavy atom. The van der Waals surface area contributed by atoms with Crippen LogP contribution in [0.25, 0.3) is 0 Å². The van der Waals surface area contributed by atoms with Crippen LogP contribution in [0.5, 0.6) is 0 Å². The van der Waals surface area contributed by atoms with Crippen molar-refractivity contribution < 1.29 is 14.7 Å². The summed E-state index contributed by atoms with van der Waals surface area (Å²) in [6.45, 7) is 3.60. The van der Waals surface area contributed by atoms with Gasteiger partial charge in [-0.2, -0.15) is 0 Å². The minimum absolute atomic E-state index is 0.357. The second-order valence-corrected chi connectivity index (χ2v) is 3.69. The average molecular weight is 224 g/mol. The van der Waals surface area contributed by atoms with E-state index in [1.807, 2.05) is 13.0 Å². The topological polar surface area (TPSA) is 71.3 Å². The highest BCUT2D eigenvalue weighted by Gasteiger charge is 2.19. The van der Waals surface area contributed by atoms with E-state index in [-0.39, 0.29) is 5.91 Å². The van der Waals surface area contributed by atoms with Crippen molar-refractivity contribution >= 4 is 11.9 Å². The molecule has 0 unspecified atom stereocenters. The first kappa shape index (κ1) is 12.3. The van der Waals surface area contributed by atoms with Crippen LogP contribution in [0.1, 0.15) is 29.5 Å². The summed E-state index contributed by atoms with van der Waals surface area (Å²) >= 11 is 0. The van der Waals surface area contributed by atoms with E-state index in [0.29, 0.717) is 12.1 Å². The molecule has 0 saturated carbocycles. The second kappa shape index (κ2) is 4.83. The summed E-state index contributed by atoms with van der Waals surface area (Å²) in [5.74, 6) is -1.37. The number of nitrogens with one attached hydrogen (secondary N) is 1. The number of hydrogen-bond donors (Lipinski definition) is 2. The molecule has 16 heavy (non-hydrogen) atoms. The minimum atomic E-state index is -1.01. The highest BCUT2D eigenvalue weighted by Crippen LogP contribution is 2.06. The molecule has 1 rings (SSSR count). The molecule has 0 spiro atoms. The lowest BCUT2D eigenvalue weighted by atomic mass is 10.2. The zero-order chi connectivity index (χ0) is 12.3. The van der Waals surface area contributed by atoms with Gasteiger partial charge in [-0.05, 0) is 25.5 Å². The van der Waals surface area contributed by atoms with Gasteiger partial charge in [0, 0.05) is 12.7 Å². The Labute approximate surface area is 94.1 Å². The first-order valence-electron chi connectivity index (χ1n) is 5.13. The predicted octanol–water partition coefficient (Wildman–Crippen LogP) is 0.927. The third kappa shape index (κ3) is 2.42. The number of rotatable bonds is 4. The molecule has 0 aliphatic heterocycles. The fourth-order valence-corrected chi connectivity index (χ4v) is 1.41. The van der Waals surface area contributed by atoms with Crippen LogP contribution in [-0.4, -0.2) is 27.6 Å². The predicted molar refractivity (Wildman–Crippen MR) is 59.3 cm³/mol. The Balaban J connectivity index is 2.80. The molecule has 1 atom stereocenters. The van der Waals surface area contributed by atoms with Gasteiger partial charge in [-0.3, -0.25) is 4.79 Å². The molecule has 0 aliphatic carbocycles. The van der Waals surface area contributed by atoms with E-state index < -0.39 is 12.0 Å². The van der Waals surface area contributed by atoms with Crippen molar-refractivity contribution in [2.75, 3.05) is 0 Å². The molecule has 0 aromatic carbocycles. The monoisotopic (exact) mass is 224 g/mol. The van der Waals surface area contributed by atoms with Crippen molar-refractivity contribution in [2.24, 2.45) is 7.05 Å². The van der Waals surface area contributed by atoms with Crippen molar-refractivity contribution in [3.05, 3.63) is 23.5 Å². The maximum absolute atomic E-state index is 11.8. The number of carboxylic acid groups (broad SMARTS) is 1. The molecule has 2 N–H and O–H groups in total. The fourth-order valence-electron chi connectivity index (χ4n) is 1.41. The van der Waals surface area contributed by atoms with Crippen molar-refractivity contribution in [3.8, 4) is 0 Å². The Bertz CT molecular complexity index is 409. The summed E-state index contributed by atoms with van der Waals surface area (Å²) < 4.78 is 1.73. The quantitative estimate of drug-likeness (QED) is 0.799. The first-order valence-corrected chi connectivity index (χ1v) is 5.13. The molecule has 5 nitrogen and oxygen atoms in total. The van der Waals surface area contributed by atoms with E-state index in [1.165, 1.54) is 0 Å². The zero-order valence-corrected chi connectivity index (χ0v) is 9.65. The summed E-state index contributed by atoms with van der Waals surface area (Å²) in [6.07, 6.45) is 0.366. The van der Waals surface area contributed by atoms with Gasteiger partial charge in [0.2, 0.25) is 0 Å². The largest absolute Gasteiger partial charge is 0.480 e. The van der Waals surface area contributed by atoms with E-state index in [9.17, 15) is 9.59 Å². The Morgan fingerprint density at radius 2 is 2.12 bits per heavy atom. The van der Waals surface area contributed by atoms with E-state index in [1.54, 1.807) is 24.6 Å². The Kier molecular flexibility index (Phi) is 3.71. The summed E-state index contributed by atoms with van der Waals surface area (Å²) in [5, 5.41) is 11.3. The minimum Gasteiger partial charge on any atom is -0.480 e. The number of carboxylic acids is 1. The molecule has 88 valence electrons. The standard InChI is InChI=1S/C11H16N2O3/c1-4-8(11(15)16)12-10(14)9-6-5-7(2)13(9)3/h5-6,8H,4H2,1-3H3,(H,12,14)(H,15,16)/t8-/m1/s1. The number of aliphatic carboxylic acids is 1. The molecule has 1 heterocycles. The maximum Gasteiger partial charge on any atom is 0.326 e. The number of aromatic nitrogens is 1. The second-order valence-electron chi connectivity index (χ2n) is 3.69. The van der Waals surface area contributed by atoms with Crippen molar-refractivity contribution in [3.63, 3.8) is 0 Å². The van der Waals surface area contributed by atoms with Gasteiger partial charge in [0.25, 0.3) is 5.91 Å². The highest BCUT2D eigenvalue weighted by atomic mass is 16.4. The molecular weight excluding hydrogens is 208 g/mol. The van der Waals surface area contributed by atoms with Crippen LogP contribution in [-0.2, 0) is 11.8 Å². The molecule has 0 aliphatic rings. The normalized spacial score (nSPS) is 12.2. The number of amides is 1. The highest BCUT2D eigenvalue weighted by molar-refractivity contribution is 5.95. The summed E-state index contributed by atoms with van der Waals surface area (Å²) in [6, 6.07) is 2.67. The van der Waals surface area contributed by atoms with Gasteiger partial charge in [-0.15, -0.1) is 0 Å². The van der Waals surface area contributed by atoms with Gasteiger partial charge in [0.15, 0.2) is 0 Å². The maximum atomic E-state index is 11.8. The van der Waals surface area contributed by atoms with Crippen LogP contribution in [0.15, 0.2) is 12.1 Å². The van der Waals surface area contributed by atoms with Crippen LogP contribution in [0.4, 0.5) is 0 Å². The number of hydrogen-bond acceptors (Lipinski definition) is 2. The molecule has 1 aromatic heterocycles. The molecule has 5 heteroatoms. The van der Waals surface area contributed by atoms with Gasteiger partial charge in [-0.25, -0.2) is 4.79 Å². The van der Waals surface area contributed by atoms with Gasteiger partial charge in [0.1, 0.15) is 11.7 Å². The summed E-state index contributed by atoms with van der Waals surface area (Å²) in [7, 11) is 1.77. The van der Waals surface area contributed by atoms with Crippen LogP contribution < -0.4 is 5.32 Å². The van der Waals surface area contributed by atoms with Crippen LogP contribution in [0, 0.1) is 6.92 Å². The van der Waals surface area contributed by atoms with Gasteiger partial charge in [-0.1, -0.05) is 6.92 Å². The van der Waals surface area contributed by atoms with Gasteiger partial charge in [0.05, 0.1) is 0 Å². The average Bonchev–Trinajstić information content (AvgIpc) is 2.55. The van der Waals surface area contributed by atoms with Gasteiger partial charge < -0.3 is 15.0 Å². The van der Waals surface area contributed by atoms with E-state index in [4.69, 9.17) is 5.11 Å².